The minimum Gasteiger partial charge on any atom is -0.485 e. The highest BCUT2D eigenvalue weighted by atomic mass is 16.5. The molecule has 2 unspecified atom stereocenters. The number of furan rings is 1. The summed E-state index contributed by atoms with van der Waals surface area (Å²) >= 11 is 0. The highest BCUT2D eigenvalue weighted by Gasteiger charge is 2.35. The molecule has 2 nitrogen and oxygen atoms in total. The largest absolute Gasteiger partial charge is 0.485 e. The smallest absolute Gasteiger partial charge is 0.136 e. The summed E-state index contributed by atoms with van der Waals surface area (Å²) in [5.41, 5.74) is 7.96. The first-order chi connectivity index (χ1) is 21.8. The fourth-order valence-electron chi connectivity index (χ4n) is 7.74. The maximum atomic E-state index is 6.59. The molecular formula is C42H26O2. The molecule has 0 saturated heterocycles. The topological polar surface area (TPSA) is 22.4 Å². The molecule has 0 bridgehead atoms. The lowest BCUT2D eigenvalue weighted by Gasteiger charge is -2.18. The maximum absolute atomic E-state index is 6.59. The van der Waals surface area contributed by atoms with Crippen LogP contribution in [0.3, 0.4) is 0 Å². The van der Waals surface area contributed by atoms with Gasteiger partial charge in [0, 0.05) is 22.3 Å². The summed E-state index contributed by atoms with van der Waals surface area (Å²) in [5.74, 6) is 1.16. The summed E-state index contributed by atoms with van der Waals surface area (Å²) in [5, 5.41) is 9.79. The molecule has 0 N–H and O–H groups in total. The summed E-state index contributed by atoms with van der Waals surface area (Å²) in [6.45, 7) is 0. The van der Waals surface area contributed by atoms with Gasteiger partial charge < -0.3 is 9.15 Å². The molecule has 7 aromatic carbocycles. The molecule has 0 amide bonds. The molecule has 2 atom stereocenters. The van der Waals surface area contributed by atoms with Gasteiger partial charge in [-0.2, -0.15) is 0 Å². The quantitative estimate of drug-likeness (QED) is 0.196. The molecular weight excluding hydrogens is 536 g/mol. The number of benzene rings is 7. The van der Waals surface area contributed by atoms with Crippen molar-refractivity contribution in [3.05, 3.63) is 151 Å². The van der Waals surface area contributed by atoms with Crippen LogP contribution in [0.25, 0.3) is 76.5 Å². The van der Waals surface area contributed by atoms with E-state index in [1.165, 1.54) is 54.6 Å². The molecule has 8 aromatic rings. The van der Waals surface area contributed by atoms with Crippen LogP contribution in [-0.4, -0.2) is 6.10 Å². The fourth-order valence-corrected chi connectivity index (χ4v) is 7.74. The van der Waals surface area contributed by atoms with Crippen molar-refractivity contribution in [3.63, 3.8) is 0 Å². The predicted molar refractivity (Wildman–Crippen MR) is 183 cm³/mol. The molecule has 0 fully saturated rings. The van der Waals surface area contributed by atoms with Crippen molar-refractivity contribution >= 4 is 54.3 Å². The summed E-state index contributed by atoms with van der Waals surface area (Å²) in [6, 6.07) is 43.9. The Kier molecular flexibility index (Phi) is 4.86. The van der Waals surface area contributed by atoms with E-state index in [9.17, 15) is 0 Å². The van der Waals surface area contributed by atoms with E-state index >= 15 is 0 Å². The number of allylic oxidation sites excluding steroid dienone is 2. The van der Waals surface area contributed by atoms with Crippen LogP contribution in [0.5, 0.6) is 5.75 Å². The molecule has 2 heterocycles. The van der Waals surface area contributed by atoms with Gasteiger partial charge >= 0.3 is 0 Å². The molecule has 44 heavy (non-hydrogen) atoms. The summed E-state index contributed by atoms with van der Waals surface area (Å²) in [4.78, 5) is 0. The Hall–Kier alpha value is -5.60. The zero-order valence-electron chi connectivity index (χ0n) is 23.8. The third kappa shape index (κ3) is 3.25. The van der Waals surface area contributed by atoms with Crippen LogP contribution in [0, 0.1) is 0 Å². The van der Waals surface area contributed by atoms with Crippen molar-refractivity contribution < 1.29 is 9.15 Å². The molecule has 2 aliphatic rings. The van der Waals surface area contributed by atoms with Crippen molar-refractivity contribution in [2.24, 2.45) is 0 Å². The summed E-state index contributed by atoms with van der Waals surface area (Å²) in [6.07, 6.45) is 8.64. The predicted octanol–water partition coefficient (Wildman–Crippen LogP) is 11.4. The Labute approximate surface area is 254 Å². The number of hydrogen-bond acceptors (Lipinski definition) is 2. The average molecular weight is 563 g/mol. The highest BCUT2D eigenvalue weighted by Crippen LogP contribution is 2.49. The van der Waals surface area contributed by atoms with E-state index in [0.29, 0.717) is 0 Å². The van der Waals surface area contributed by atoms with Crippen molar-refractivity contribution in [1.82, 2.24) is 0 Å². The monoisotopic (exact) mass is 562 g/mol. The van der Waals surface area contributed by atoms with Gasteiger partial charge in [0.05, 0.1) is 0 Å². The zero-order chi connectivity index (χ0) is 28.8. The molecule has 0 spiro atoms. The third-order valence-corrected chi connectivity index (χ3v) is 9.60. The van der Waals surface area contributed by atoms with Crippen molar-refractivity contribution in [2.75, 3.05) is 0 Å². The van der Waals surface area contributed by atoms with Gasteiger partial charge in [0.25, 0.3) is 0 Å². The van der Waals surface area contributed by atoms with Crippen LogP contribution >= 0.6 is 0 Å². The zero-order valence-corrected chi connectivity index (χ0v) is 23.8. The number of hydrogen-bond donors (Lipinski definition) is 0. The Balaban J connectivity index is 1.25. The number of ether oxygens (including phenoxy) is 1. The first-order valence-electron chi connectivity index (χ1n) is 15.3. The van der Waals surface area contributed by atoms with Gasteiger partial charge in [-0.15, -0.1) is 0 Å². The Morgan fingerprint density at radius 3 is 1.98 bits per heavy atom. The summed E-state index contributed by atoms with van der Waals surface area (Å²) in [7, 11) is 0. The normalized spacial score (nSPS) is 17.1. The molecule has 0 radical (unpaired) electrons. The molecule has 10 rings (SSSR count). The van der Waals surface area contributed by atoms with Gasteiger partial charge in [0.2, 0.25) is 0 Å². The van der Waals surface area contributed by atoms with E-state index in [-0.39, 0.29) is 12.0 Å². The lowest BCUT2D eigenvalue weighted by molar-refractivity contribution is 0.269. The van der Waals surface area contributed by atoms with E-state index < -0.39 is 0 Å². The van der Waals surface area contributed by atoms with Crippen LogP contribution in [0.1, 0.15) is 11.5 Å². The van der Waals surface area contributed by atoms with E-state index in [1.807, 2.05) is 0 Å². The van der Waals surface area contributed by atoms with Gasteiger partial charge in [-0.1, -0.05) is 115 Å². The molecule has 1 aliphatic carbocycles. The first kappa shape index (κ1) is 23.9. The Morgan fingerprint density at radius 1 is 0.500 bits per heavy atom. The van der Waals surface area contributed by atoms with Crippen LogP contribution < -0.4 is 4.74 Å². The Bertz CT molecular complexity index is 2480. The molecule has 0 saturated carbocycles. The lowest BCUT2D eigenvalue weighted by Crippen LogP contribution is -2.15. The fraction of sp³-hybridized carbons (Fsp3) is 0.0476. The van der Waals surface area contributed by atoms with Crippen LogP contribution in [0.2, 0.25) is 0 Å². The van der Waals surface area contributed by atoms with Gasteiger partial charge in [0.15, 0.2) is 0 Å². The van der Waals surface area contributed by atoms with E-state index in [2.05, 4.69) is 146 Å². The van der Waals surface area contributed by atoms with Gasteiger partial charge in [-0.3, -0.25) is 0 Å². The Morgan fingerprint density at radius 2 is 1.18 bits per heavy atom. The molecule has 1 aliphatic heterocycles. The number of fused-ring (bicyclic) bond motifs is 10. The van der Waals surface area contributed by atoms with E-state index in [4.69, 9.17) is 9.15 Å². The average Bonchev–Trinajstić information content (AvgIpc) is 3.64. The van der Waals surface area contributed by atoms with Crippen molar-refractivity contribution in [3.8, 4) is 28.0 Å². The standard InChI is InChI=1S/C42H26O2/c1-2-12-27-25(10-1)11-9-18-28(27)40-31-15-5-3-13-29(31)39(30-14-4-6-16-32(30)40)26-20-21-34-38(24-26)44-37-23-22-36-41(42(34)37)33-17-7-8-19-35(33)43-36/h1-24,33,35H. The second-order valence-electron chi connectivity index (χ2n) is 11.9. The van der Waals surface area contributed by atoms with E-state index in [1.54, 1.807) is 0 Å². The molecule has 206 valence electrons. The van der Waals surface area contributed by atoms with Gasteiger partial charge in [-0.05, 0) is 84.9 Å². The van der Waals surface area contributed by atoms with Crippen LogP contribution in [0.15, 0.2) is 150 Å². The second-order valence-corrected chi connectivity index (χ2v) is 11.9. The van der Waals surface area contributed by atoms with Gasteiger partial charge in [0.1, 0.15) is 23.0 Å². The number of rotatable bonds is 2. The summed E-state index contributed by atoms with van der Waals surface area (Å²) < 4.78 is 12.9. The second kappa shape index (κ2) is 8.95. The maximum Gasteiger partial charge on any atom is 0.136 e. The van der Waals surface area contributed by atoms with Gasteiger partial charge in [-0.25, -0.2) is 0 Å². The lowest BCUT2D eigenvalue weighted by atomic mass is 9.84. The van der Waals surface area contributed by atoms with E-state index in [0.717, 1.165) is 33.3 Å². The first-order valence-corrected chi connectivity index (χ1v) is 15.3. The van der Waals surface area contributed by atoms with Crippen molar-refractivity contribution in [2.45, 2.75) is 12.0 Å². The highest BCUT2D eigenvalue weighted by molar-refractivity contribution is 6.24. The molecule has 1 aromatic heterocycles. The SMILES string of the molecule is C1=CC2Oc3ccc4oc5cc(-c6c7ccccc7c(-c7cccc8ccccc78)c7ccccc67)ccc5c4c3C2C=C1. The molecule has 2 heteroatoms. The van der Waals surface area contributed by atoms with Crippen molar-refractivity contribution in [1.29, 1.82) is 0 Å². The van der Waals surface area contributed by atoms with Crippen LogP contribution in [0.4, 0.5) is 0 Å². The van der Waals surface area contributed by atoms with Crippen LogP contribution in [-0.2, 0) is 0 Å². The third-order valence-electron chi connectivity index (χ3n) is 9.60. The minimum absolute atomic E-state index is 0.0443. The minimum atomic E-state index is 0.0443.